The fourth-order valence-corrected chi connectivity index (χ4v) is 2.30. The summed E-state index contributed by atoms with van der Waals surface area (Å²) in [6, 6.07) is -1.03. The summed E-state index contributed by atoms with van der Waals surface area (Å²) in [5.41, 5.74) is 0. The van der Waals surface area contributed by atoms with E-state index in [4.69, 9.17) is 4.74 Å². The lowest BCUT2D eigenvalue weighted by Gasteiger charge is -2.35. The normalized spacial score (nSPS) is 22.4. The molecule has 1 fully saturated rings. The molecule has 0 spiro atoms. The molecule has 7 heteroatoms. The molecule has 1 rings (SSSR count). The molecule has 2 atom stereocenters. The highest BCUT2D eigenvalue weighted by Gasteiger charge is 2.34. The van der Waals surface area contributed by atoms with Gasteiger partial charge in [0.2, 0.25) is 0 Å². The number of nitrogens with one attached hydrogen (secondary N) is 1. The lowest BCUT2D eigenvalue weighted by atomic mass is 9.93. The van der Waals surface area contributed by atoms with Crippen LogP contribution in [-0.4, -0.2) is 79.9 Å². The second kappa shape index (κ2) is 8.84. The van der Waals surface area contributed by atoms with Crippen LogP contribution < -0.4 is 5.32 Å². The van der Waals surface area contributed by atoms with Gasteiger partial charge in [0.15, 0.2) is 0 Å². The molecule has 1 heterocycles. The van der Waals surface area contributed by atoms with Crippen LogP contribution in [0, 0.1) is 5.92 Å². The number of carboxylic acids is 1. The van der Waals surface area contributed by atoms with Gasteiger partial charge in [-0.1, -0.05) is 6.92 Å². The monoisotopic (exact) mass is 301 g/mol. The average molecular weight is 301 g/mol. The Morgan fingerprint density at radius 1 is 1.38 bits per heavy atom. The number of carbonyl (C=O) groups is 2. The summed E-state index contributed by atoms with van der Waals surface area (Å²) in [6.45, 7) is 4.78. The molecule has 0 aromatic heterocycles. The quantitative estimate of drug-likeness (QED) is 0.668. The van der Waals surface area contributed by atoms with Crippen molar-refractivity contribution in [3.8, 4) is 0 Å². The standard InChI is InChI=1S/C14H27N3O4/c1-11-4-6-17(12(10-11)13(18)19)14(20)15-5-8-21-9-7-16(2)3/h11-12H,4-10H2,1-3H3,(H,15,20)(H,18,19). The molecule has 2 N–H and O–H groups in total. The summed E-state index contributed by atoms with van der Waals surface area (Å²) in [4.78, 5) is 26.7. The van der Waals surface area contributed by atoms with Crippen LogP contribution in [-0.2, 0) is 9.53 Å². The maximum atomic E-state index is 12.0. The smallest absolute Gasteiger partial charge is 0.326 e. The molecule has 122 valence electrons. The van der Waals surface area contributed by atoms with Crippen LogP contribution in [0.5, 0.6) is 0 Å². The number of rotatable bonds is 7. The minimum Gasteiger partial charge on any atom is -0.480 e. The highest BCUT2D eigenvalue weighted by atomic mass is 16.5. The van der Waals surface area contributed by atoms with Crippen molar-refractivity contribution >= 4 is 12.0 Å². The minimum absolute atomic E-state index is 0.314. The number of likely N-dealkylation sites (N-methyl/N-ethyl adjacent to an activating group) is 1. The van der Waals surface area contributed by atoms with Crippen LogP contribution >= 0.6 is 0 Å². The van der Waals surface area contributed by atoms with E-state index in [0.717, 1.165) is 13.0 Å². The van der Waals surface area contributed by atoms with Gasteiger partial charge in [0.1, 0.15) is 6.04 Å². The molecular weight excluding hydrogens is 274 g/mol. The lowest BCUT2D eigenvalue weighted by Crippen LogP contribution is -2.53. The number of urea groups is 1. The number of hydrogen-bond acceptors (Lipinski definition) is 4. The summed E-state index contributed by atoms with van der Waals surface area (Å²) in [7, 11) is 3.93. The van der Waals surface area contributed by atoms with Gasteiger partial charge in [0.05, 0.1) is 13.2 Å². The van der Waals surface area contributed by atoms with E-state index >= 15 is 0 Å². The van der Waals surface area contributed by atoms with Crippen molar-refractivity contribution in [3.63, 3.8) is 0 Å². The Hall–Kier alpha value is -1.34. The largest absolute Gasteiger partial charge is 0.480 e. The lowest BCUT2D eigenvalue weighted by molar-refractivity contribution is -0.143. The molecular formula is C14H27N3O4. The number of carboxylic acid groups (broad SMARTS) is 1. The summed E-state index contributed by atoms with van der Waals surface area (Å²) in [5, 5.41) is 11.9. The number of hydrogen-bond donors (Lipinski definition) is 2. The molecule has 1 aliphatic rings. The van der Waals surface area contributed by atoms with E-state index in [1.54, 1.807) is 0 Å². The van der Waals surface area contributed by atoms with Gasteiger partial charge >= 0.3 is 12.0 Å². The number of nitrogens with zero attached hydrogens (tertiary/aromatic N) is 2. The maximum Gasteiger partial charge on any atom is 0.326 e. The number of ether oxygens (including phenoxy) is 1. The molecule has 2 amide bonds. The highest BCUT2D eigenvalue weighted by Crippen LogP contribution is 2.22. The van der Waals surface area contributed by atoms with E-state index in [9.17, 15) is 14.7 Å². The third-order valence-electron chi connectivity index (χ3n) is 3.62. The Labute approximate surface area is 126 Å². The Balaban J connectivity index is 2.28. The average Bonchev–Trinajstić information content (AvgIpc) is 2.41. The molecule has 0 saturated carbocycles. The van der Waals surface area contributed by atoms with Crippen molar-refractivity contribution in [2.75, 3.05) is 46.9 Å². The van der Waals surface area contributed by atoms with Crippen LogP contribution in [0.25, 0.3) is 0 Å². The van der Waals surface area contributed by atoms with Gasteiger partial charge in [-0.15, -0.1) is 0 Å². The number of likely N-dealkylation sites (tertiary alicyclic amines) is 1. The molecule has 1 saturated heterocycles. The van der Waals surface area contributed by atoms with E-state index in [1.165, 1.54) is 4.90 Å². The predicted molar refractivity (Wildman–Crippen MR) is 79.3 cm³/mol. The van der Waals surface area contributed by atoms with Gasteiger partial charge < -0.3 is 25.0 Å². The van der Waals surface area contributed by atoms with Crippen molar-refractivity contribution in [2.24, 2.45) is 5.92 Å². The van der Waals surface area contributed by atoms with Crippen LogP contribution in [0.2, 0.25) is 0 Å². The fourth-order valence-electron chi connectivity index (χ4n) is 2.30. The van der Waals surface area contributed by atoms with Crippen LogP contribution in [0.15, 0.2) is 0 Å². The Kier molecular flexibility index (Phi) is 7.45. The zero-order valence-corrected chi connectivity index (χ0v) is 13.2. The number of piperidine rings is 1. The van der Waals surface area contributed by atoms with Crippen molar-refractivity contribution in [1.82, 2.24) is 15.1 Å². The van der Waals surface area contributed by atoms with Crippen LogP contribution in [0.1, 0.15) is 19.8 Å². The van der Waals surface area contributed by atoms with Gasteiger partial charge in [-0.2, -0.15) is 0 Å². The van der Waals surface area contributed by atoms with E-state index in [2.05, 4.69) is 5.32 Å². The zero-order valence-electron chi connectivity index (χ0n) is 13.2. The highest BCUT2D eigenvalue weighted by molar-refractivity contribution is 5.82. The van der Waals surface area contributed by atoms with Crippen molar-refractivity contribution in [3.05, 3.63) is 0 Å². The summed E-state index contributed by atoms with van der Waals surface area (Å²) >= 11 is 0. The number of aliphatic carboxylic acids is 1. The Bertz CT molecular complexity index is 349. The van der Waals surface area contributed by atoms with Crippen molar-refractivity contribution in [2.45, 2.75) is 25.8 Å². The van der Waals surface area contributed by atoms with E-state index < -0.39 is 12.0 Å². The molecule has 0 aromatic carbocycles. The second-order valence-electron chi connectivity index (χ2n) is 5.82. The molecule has 1 aliphatic heterocycles. The predicted octanol–water partition coefficient (Wildman–Crippen LogP) is 0.459. The van der Waals surface area contributed by atoms with Gasteiger partial charge in [-0.25, -0.2) is 9.59 Å². The molecule has 7 nitrogen and oxygen atoms in total. The van der Waals surface area contributed by atoms with Gasteiger partial charge in [0, 0.05) is 19.6 Å². The van der Waals surface area contributed by atoms with Gasteiger partial charge in [-0.3, -0.25) is 0 Å². The first-order valence-corrected chi connectivity index (χ1v) is 7.41. The Morgan fingerprint density at radius 3 is 2.71 bits per heavy atom. The zero-order chi connectivity index (χ0) is 15.8. The van der Waals surface area contributed by atoms with E-state index in [1.807, 2.05) is 25.9 Å². The second-order valence-corrected chi connectivity index (χ2v) is 5.82. The molecule has 0 radical (unpaired) electrons. The summed E-state index contributed by atoms with van der Waals surface area (Å²) in [5.74, 6) is -0.594. The first kappa shape index (κ1) is 17.7. The molecule has 21 heavy (non-hydrogen) atoms. The topological polar surface area (TPSA) is 82.1 Å². The van der Waals surface area contributed by atoms with Crippen molar-refractivity contribution in [1.29, 1.82) is 0 Å². The summed E-state index contributed by atoms with van der Waals surface area (Å²) in [6.07, 6.45) is 1.36. The molecule has 0 aromatic rings. The van der Waals surface area contributed by atoms with Gasteiger partial charge in [0.25, 0.3) is 0 Å². The van der Waals surface area contributed by atoms with Crippen molar-refractivity contribution < 1.29 is 19.4 Å². The SMILES string of the molecule is CC1CCN(C(=O)NCCOCCN(C)C)C(C(=O)O)C1. The van der Waals surface area contributed by atoms with Gasteiger partial charge in [-0.05, 0) is 32.9 Å². The first-order chi connectivity index (χ1) is 9.91. The van der Waals surface area contributed by atoms with E-state index in [-0.39, 0.29) is 6.03 Å². The third-order valence-corrected chi connectivity index (χ3v) is 3.62. The summed E-state index contributed by atoms with van der Waals surface area (Å²) < 4.78 is 5.38. The molecule has 0 aliphatic carbocycles. The van der Waals surface area contributed by atoms with E-state index in [0.29, 0.717) is 38.6 Å². The van der Waals surface area contributed by atoms with Crippen LogP contribution in [0.4, 0.5) is 4.79 Å². The molecule has 0 bridgehead atoms. The number of carbonyl (C=O) groups excluding carboxylic acids is 1. The Morgan fingerprint density at radius 2 is 2.10 bits per heavy atom. The minimum atomic E-state index is -0.932. The molecule has 2 unspecified atom stereocenters. The third kappa shape index (κ3) is 6.31. The fraction of sp³-hybridized carbons (Fsp3) is 0.857. The number of amides is 2. The maximum absolute atomic E-state index is 12.0. The first-order valence-electron chi connectivity index (χ1n) is 7.41. The van der Waals surface area contributed by atoms with Crippen LogP contribution in [0.3, 0.4) is 0 Å².